The van der Waals surface area contributed by atoms with Gasteiger partial charge in [-0.05, 0) is 34.1 Å². The quantitative estimate of drug-likeness (QED) is 0.764. The second kappa shape index (κ2) is 5.85. The van der Waals surface area contributed by atoms with Crippen LogP contribution < -0.4 is 5.32 Å². The predicted molar refractivity (Wildman–Crippen MR) is 73.4 cm³/mol. The molecule has 0 saturated carbocycles. The molecule has 0 unspecified atom stereocenters. The molecule has 2 rings (SSSR count). The highest BCUT2D eigenvalue weighted by molar-refractivity contribution is 9.10. The summed E-state index contributed by atoms with van der Waals surface area (Å²) in [5, 5.41) is 2.50. The van der Waals surface area contributed by atoms with E-state index in [-0.39, 0.29) is 5.56 Å². The van der Waals surface area contributed by atoms with Gasteiger partial charge in [0.2, 0.25) is 0 Å². The van der Waals surface area contributed by atoms with Crippen molar-refractivity contribution in [1.29, 1.82) is 0 Å². The normalized spacial score (nSPS) is 10.4. The standard InChI is InChI=1S/C13H6BrClF3NO/c14-9-3-6(15)1-2-8(9)13(20)19-11-5-7(16)4-10(17)12(11)18/h1-5H,(H,19,20). The van der Waals surface area contributed by atoms with Gasteiger partial charge in [0.15, 0.2) is 11.6 Å². The molecule has 0 saturated heterocycles. The molecule has 104 valence electrons. The van der Waals surface area contributed by atoms with E-state index in [1.807, 2.05) is 0 Å². The monoisotopic (exact) mass is 363 g/mol. The lowest BCUT2D eigenvalue weighted by molar-refractivity contribution is 0.102. The van der Waals surface area contributed by atoms with Crippen LogP contribution in [-0.2, 0) is 0 Å². The first-order valence-electron chi connectivity index (χ1n) is 5.29. The smallest absolute Gasteiger partial charge is 0.256 e. The zero-order chi connectivity index (χ0) is 14.9. The molecule has 0 aliphatic rings. The molecule has 2 aromatic rings. The lowest BCUT2D eigenvalue weighted by Crippen LogP contribution is -2.14. The third-order valence-corrected chi connectivity index (χ3v) is 3.31. The zero-order valence-corrected chi connectivity index (χ0v) is 12.0. The van der Waals surface area contributed by atoms with E-state index in [2.05, 4.69) is 21.2 Å². The Labute approximate surface area is 125 Å². The Bertz CT molecular complexity index is 694. The van der Waals surface area contributed by atoms with Gasteiger partial charge in [-0.3, -0.25) is 4.79 Å². The van der Waals surface area contributed by atoms with Gasteiger partial charge in [0.25, 0.3) is 5.91 Å². The van der Waals surface area contributed by atoms with E-state index in [1.165, 1.54) is 18.2 Å². The number of benzene rings is 2. The summed E-state index contributed by atoms with van der Waals surface area (Å²) in [6, 6.07) is 5.42. The molecule has 1 N–H and O–H groups in total. The largest absolute Gasteiger partial charge is 0.319 e. The Morgan fingerprint density at radius 1 is 1.15 bits per heavy atom. The maximum Gasteiger partial charge on any atom is 0.256 e. The first-order valence-corrected chi connectivity index (χ1v) is 6.46. The Hall–Kier alpha value is -1.53. The van der Waals surface area contributed by atoms with Crippen LogP contribution in [-0.4, -0.2) is 5.91 Å². The van der Waals surface area contributed by atoms with E-state index in [1.54, 1.807) is 0 Å². The Morgan fingerprint density at radius 2 is 1.85 bits per heavy atom. The summed E-state index contributed by atoms with van der Waals surface area (Å²) in [6.45, 7) is 0. The molecule has 7 heteroatoms. The molecule has 0 spiro atoms. The number of carbonyl (C=O) groups is 1. The molecule has 0 aliphatic heterocycles. The molecule has 0 aromatic heterocycles. The van der Waals surface area contributed by atoms with Crippen LogP contribution in [0.3, 0.4) is 0 Å². The van der Waals surface area contributed by atoms with Gasteiger partial charge in [0.1, 0.15) is 5.82 Å². The van der Waals surface area contributed by atoms with Gasteiger partial charge in [-0.25, -0.2) is 13.2 Å². The highest BCUT2D eigenvalue weighted by atomic mass is 79.9. The van der Waals surface area contributed by atoms with Crippen LogP contribution >= 0.6 is 27.5 Å². The van der Waals surface area contributed by atoms with Gasteiger partial charge in [0.05, 0.1) is 11.3 Å². The number of anilines is 1. The Morgan fingerprint density at radius 3 is 2.50 bits per heavy atom. The maximum atomic E-state index is 13.4. The van der Waals surface area contributed by atoms with Crippen LogP contribution in [0.5, 0.6) is 0 Å². The summed E-state index contributed by atoms with van der Waals surface area (Å²) in [5.41, 5.74) is -0.423. The number of rotatable bonds is 2. The minimum Gasteiger partial charge on any atom is -0.319 e. The van der Waals surface area contributed by atoms with E-state index in [0.717, 1.165) is 0 Å². The Balaban J connectivity index is 2.32. The first-order chi connectivity index (χ1) is 9.38. The van der Waals surface area contributed by atoms with Crippen molar-refractivity contribution in [2.45, 2.75) is 0 Å². The van der Waals surface area contributed by atoms with Crippen molar-refractivity contribution in [3.05, 3.63) is 62.8 Å². The summed E-state index contributed by atoms with van der Waals surface area (Å²) in [6.07, 6.45) is 0. The Kier molecular flexibility index (Phi) is 4.35. The summed E-state index contributed by atoms with van der Waals surface area (Å²) in [5.74, 6) is -4.42. The van der Waals surface area contributed by atoms with E-state index in [9.17, 15) is 18.0 Å². The van der Waals surface area contributed by atoms with Gasteiger partial charge in [0, 0.05) is 21.6 Å². The molecule has 2 nitrogen and oxygen atoms in total. The molecule has 0 radical (unpaired) electrons. The number of amides is 1. The fourth-order valence-corrected chi connectivity index (χ4v) is 2.37. The van der Waals surface area contributed by atoms with Gasteiger partial charge in [-0.15, -0.1) is 0 Å². The predicted octanol–water partition coefficient (Wildman–Crippen LogP) is 4.77. The second-order valence-corrected chi connectivity index (χ2v) is 5.12. The van der Waals surface area contributed by atoms with E-state index >= 15 is 0 Å². The van der Waals surface area contributed by atoms with Gasteiger partial charge in [-0.1, -0.05) is 11.6 Å². The number of carbonyl (C=O) groups excluding carboxylic acids is 1. The van der Waals surface area contributed by atoms with Crippen LogP contribution in [0.25, 0.3) is 0 Å². The van der Waals surface area contributed by atoms with Crippen molar-refractivity contribution in [2.75, 3.05) is 5.32 Å². The lowest BCUT2D eigenvalue weighted by atomic mass is 10.2. The van der Waals surface area contributed by atoms with Crippen molar-refractivity contribution in [2.24, 2.45) is 0 Å². The number of hydrogen-bond acceptors (Lipinski definition) is 1. The van der Waals surface area contributed by atoms with Crippen LogP contribution in [0.15, 0.2) is 34.8 Å². The molecule has 0 atom stereocenters. The molecule has 20 heavy (non-hydrogen) atoms. The molecule has 0 aliphatic carbocycles. The number of nitrogens with one attached hydrogen (secondary N) is 1. The zero-order valence-electron chi connectivity index (χ0n) is 9.68. The third-order valence-electron chi connectivity index (χ3n) is 2.42. The highest BCUT2D eigenvalue weighted by Crippen LogP contribution is 2.24. The average Bonchev–Trinajstić information content (AvgIpc) is 2.35. The van der Waals surface area contributed by atoms with Gasteiger partial charge >= 0.3 is 0 Å². The summed E-state index contributed by atoms with van der Waals surface area (Å²) in [4.78, 5) is 11.9. The second-order valence-electron chi connectivity index (χ2n) is 3.83. The molecule has 0 bridgehead atoms. The lowest BCUT2D eigenvalue weighted by Gasteiger charge is -2.08. The van der Waals surface area contributed by atoms with Crippen molar-refractivity contribution < 1.29 is 18.0 Å². The summed E-state index contributed by atoms with van der Waals surface area (Å²) < 4.78 is 39.8. The van der Waals surface area contributed by atoms with E-state index < -0.39 is 29.0 Å². The van der Waals surface area contributed by atoms with Crippen LogP contribution in [0.1, 0.15) is 10.4 Å². The molecule has 2 aromatic carbocycles. The molecular weight excluding hydrogens is 358 g/mol. The van der Waals surface area contributed by atoms with Crippen molar-refractivity contribution >= 4 is 39.1 Å². The SMILES string of the molecule is O=C(Nc1cc(F)cc(F)c1F)c1ccc(Cl)cc1Br. The summed E-state index contributed by atoms with van der Waals surface area (Å²) in [7, 11) is 0. The van der Waals surface area contributed by atoms with E-state index in [4.69, 9.17) is 11.6 Å². The van der Waals surface area contributed by atoms with Crippen molar-refractivity contribution in [3.8, 4) is 0 Å². The molecule has 0 heterocycles. The average molecular weight is 365 g/mol. The van der Waals surface area contributed by atoms with Crippen molar-refractivity contribution in [1.82, 2.24) is 0 Å². The van der Waals surface area contributed by atoms with Crippen molar-refractivity contribution in [3.63, 3.8) is 0 Å². The fourth-order valence-electron chi connectivity index (χ4n) is 1.51. The summed E-state index contributed by atoms with van der Waals surface area (Å²) >= 11 is 8.85. The van der Waals surface area contributed by atoms with Crippen LogP contribution in [0.4, 0.5) is 18.9 Å². The van der Waals surface area contributed by atoms with Crippen LogP contribution in [0.2, 0.25) is 5.02 Å². The highest BCUT2D eigenvalue weighted by Gasteiger charge is 2.16. The van der Waals surface area contributed by atoms with Gasteiger partial charge in [-0.2, -0.15) is 0 Å². The number of hydrogen-bond donors (Lipinski definition) is 1. The first kappa shape index (κ1) is 14.9. The topological polar surface area (TPSA) is 29.1 Å². The van der Waals surface area contributed by atoms with Crippen LogP contribution in [0, 0.1) is 17.5 Å². The maximum absolute atomic E-state index is 13.4. The minimum absolute atomic E-state index is 0.151. The molecule has 0 fully saturated rings. The van der Waals surface area contributed by atoms with Gasteiger partial charge < -0.3 is 5.32 Å². The molecular formula is C13H6BrClF3NO. The minimum atomic E-state index is -1.38. The fraction of sp³-hybridized carbons (Fsp3) is 0. The van der Waals surface area contributed by atoms with E-state index in [0.29, 0.717) is 21.6 Å². The third kappa shape index (κ3) is 3.13. The molecule has 1 amide bonds. The number of halogens is 5.